The van der Waals surface area contributed by atoms with Gasteiger partial charge < -0.3 is 4.42 Å². The van der Waals surface area contributed by atoms with Crippen LogP contribution in [-0.2, 0) is 0 Å². The van der Waals surface area contributed by atoms with Crippen molar-refractivity contribution in [3.8, 4) is 0 Å². The Hall–Kier alpha value is -3.73. The van der Waals surface area contributed by atoms with Crippen LogP contribution >= 0.6 is 0 Å². The fraction of sp³-hybridized carbons (Fsp3) is 0.0455. The first kappa shape index (κ1) is 16.7. The first-order valence-corrected chi connectivity index (χ1v) is 8.42. The summed E-state index contributed by atoms with van der Waals surface area (Å²) in [6, 6.07) is 17.6. The van der Waals surface area contributed by atoms with Crippen LogP contribution in [0.25, 0.3) is 33.9 Å². The average molecular weight is 357 g/mol. The van der Waals surface area contributed by atoms with E-state index in [-0.39, 0.29) is 5.69 Å². The lowest BCUT2D eigenvalue weighted by molar-refractivity contribution is -0.384. The summed E-state index contributed by atoms with van der Waals surface area (Å²) in [7, 11) is 0. The van der Waals surface area contributed by atoms with Crippen LogP contribution in [0.3, 0.4) is 0 Å². The topological polar surface area (TPSA) is 73.3 Å². The maximum Gasteiger partial charge on any atom is 0.336 e. The van der Waals surface area contributed by atoms with Crippen molar-refractivity contribution < 1.29 is 9.34 Å². The summed E-state index contributed by atoms with van der Waals surface area (Å²) in [6.07, 6.45) is 3.64. The molecule has 1 heterocycles. The van der Waals surface area contributed by atoms with Gasteiger partial charge in [0.1, 0.15) is 5.58 Å². The van der Waals surface area contributed by atoms with Gasteiger partial charge in [-0.05, 0) is 47.2 Å². The third-order valence-electron chi connectivity index (χ3n) is 4.58. The van der Waals surface area contributed by atoms with Crippen LogP contribution < -0.4 is 5.63 Å². The Morgan fingerprint density at radius 1 is 0.926 bits per heavy atom. The molecule has 0 bridgehead atoms. The fourth-order valence-corrected chi connectivity index (χ4v) is 3.19. The molecule has 0 radical (unpaired) electrons. The zero-order chi connectivity index (χ0) is 19.0. The number of nitrogens with zero attached hydrogens (tertiary/aromatic N) is 1. The lowest BCUT2D eigenvalue weighted by Crippen LogP contribution is -1.98. The number of benzene rings is 3. The summed E-state index contributed by atoms with van der Waals surface area (Å²) in [5.41, 5.74) is 2.84. The second-order valence-electron chi connectivity index (χ2n) is 6.32. The van der Waals surface area contributed by atoms with Gasteiger partial charge >= 0.3 is 5.63 Å². The van der Waals surface area contributed by atoms with Crippen LogP contribution in [0.5, 0.6) is 0 Å². The molecule has 5 heteroatoms. The number of non-ortho nitro benzene ring substituents is 1. The summed E-state index contributed by atoms with van der Waals surface area (Å²) in [5, 5.41) is 13.5. The molecular weight excluding hydrogens is 342 g/mol. The van der Waals surface area contributed by atoms with Crippen LogP contribution in [0, 0.1) is 17.0 Å². The van der Waals surface area contributed by atoms with Gasteiger partial charge in [-0.25, -0.2) is 4.79 Å². The second kappa shape index (κ2) is 6.53. The Labute approximate surface area is 154 Å². The maximum absolute atomic E-state index is 12.1. The zero-order valence-electron chi connectivity index (χ0n) is 14.5. The molecule has 0 N–H and O–H groups in total. The number of aryl methyl sites for hydroxylation is 1. The van der Waals surface area contributed by atoms with Gasteiger partial charge in [0.25, 0.3) is 5.69 Å². The smallest absolute Gasteiger partial charge is 0.336 e. The molecule has 0 atom stereocenters. The highest BCUT2D eigenvalue weighted by Crippen LogP contribution is 2.29. The van der Waals surface area contributed by atoms with Gasteiger partial charge in [-0.1, -0.05) is 36.4 Å². The van der Waals surface area contributed by atoms with Crippen molar-refractivity contribution >= 4 is 39.6 Å². The molecule has 132 valence electrons. The molecule has 0 saturated heterocycles. The Morgan fingerprint density at radius 2 is 1.67 bits per heavy atom. The second-order valence-corrected chi connectivity index (χ2v) is 6.32. The molecule has 4 aromatic rings. The molecule has 0 fully saturated rings. The number of hydrogen-bond donors (Lipinski definition) is 0. The number of nitro benzene ring substituents is 1. The van der Waals surface area contributed by atoms with Gasteiger partial charge in [0.2, 0.25) is 0 Å². The summed E-state index contributed by atoms with van der Waals surface area (Å²) in [5.74, 6) is 0. The lowest BCUT2D eigenvalue weighted by Gasteiger charge is -2.07. The molecule has 1 aromatic heterocycles. The molecule has 0 saturated carbocycles. The highest BCUT2D eigenvalue weighted by molar-refractivity contribution is 6.07. The maximum atomic E-state index is 12.1. The van der Waals surface area contributed by atoms with Gasteiger partial charge in [-0.15, -0.1) is 0 Å². The molecular formula is C22H15NO4. The van der Waals surface area contributed by atoms with E-state index in [0.29, 0.717) is 5.58 Å². The van der Waals surface area contributed by atoms with Gasteiger partial charge in [-0.3, -0.25) is 10.1 Å². The van der Waals surface area contributed by atoms with E-state index in [2.05, 4.69) is 0 Å². The highest BCUT2D eigenvalue weighted by atomic mass is 16.6. The van der Waals surface area contributed by atoms with E-state index in [4.69, 9.17) is 4.42 Å². The summed E-state index contributed by atoms with van der Waals surface area (Å²) in [4.78, 5) is 22.4. The van der Waals surface area contributed by atoms with Crippen LogP contribution in [0.15, 0.2) is 69.9 Å². The van der Waals surface area contributed by atoms with Crippen LogP contribution in [0.4, 0.5) is 5.69 Å². The monoisotopic (exact) mass is 357 g/mol. The molecule has 4 rings (SSSR count). The predicted molar refractivity (Wildman–Crippen MR) is 107 cm³/mol. The number of rotatable bonds is 3. The molecule has 0 aliphatic carbocycles. The minimum Gasteiger partial charge on any atom is -0.422 e. The SMILES string of the molecule is Cc1cccc2c1ccc1c(/C=C/c3ccc([N+](=O)[O-])cc3)cc(=O)oc12. The summed E-state index contributed by atoms with van der Waals surface area (Å²) >= 11 is 0. The fourth-order valence-electron chi connectivity index (χ4n) is 3.19. The van der Waals surface area contributed by atoms with Crippen molar-refractivity contribution in [3.05, 3.63) is 97.9 Å². The molecule has 3 aromatic carbocycles. The molecule has 0 unspecified atom stereocenters. The van der Waals surface area contributed by atoms with Crippen molar-refractivity contribution in [2.45, 2.75) is 6.92 Å². The first-order chi connectivity index (χ1) is 13.0. The van der Waals surface area contributed by atoms with Gasteiger partial charge in [0, 0.05) is 29.0 Å². The number of fused-ring (bicyclic) bond motifs is 3. The van der Waals surface area contributed by atoms with Gasteiger partial charge in [-0.2, -0.15) is 0 Å². The minimum absolute atomic E-state index is 0.0415. The quantitative estimate of drug-likeness (QED) is 0.215. The summed E-state index contributed by atoms with van der Waals surface area (Å²) < 4.78 is 5.50. The largest absolute Gasteiger partial charge is 0.422 e. The molecule has 0 amide bonds. The minimum atomic E-state index is -0.434. The van der Waals surface area contributed by atoms with Crippen LogP contribution in [0.2, 0.25) is 0 Å². The summed E-state index contributed by atoms with van der Waals surface area (Å²) in [6.45, 7) is 2.02. The highest BCUT2D eigenvalue weighted by Gasteiger charge is 2.09. The molecule has 0 aliphatic heterocycles. The van der Waals surface area contributed by atoms with E-state index in [1.807, 2.05) is 49.4 Å². The molecule has 0 aliphatic rings. The van der Waals surface area contributed by atoms with Crippen molar-refractivity contribution in [2.75, 3.05) is 0 Å². The Bertz CT molecular complexity index is 1270. The van der Waals surface area contributed by atoms with E-state index >= 15 is 0 Å². The Kier molecular flexibility index (Phi) is 4.05. The lowest BCUT2D eigenvalue weighted by atomic mass is 10.0. The zero-order valence-corrected chi connectivity index (χ0v) is 14.5. The standard InChI is InChI=1S/C22H15NO4/c1-14-3-2-4-20-18(14)11-12-19-16(13-21(24)27-22(19)20)8-5-15-6-9-17(10-7-15)23(25)26/h2-13H,1H3/b8-5+. The van der Waals surface area contributed by atoms with Crippen molar-refractivity contribution in [2.24, 2.45) is 0 Å². The number of hydrogen-bond acceptors (Lipinski definition) is 4. The van der Waals surface area contributed by atoms with Crippen LogP contribution in [-0.4, -0.2) is 4.92 Å². The molecule has 5 nitrogen and oxygen atoms in total. The third kappa shape index (κ3) is 3.11. The van der Waals surface area contributed by atoms with E-state index in [9.17, 15) is 14.9 Å². The van der Waals surface area contributed by atoms with Crippen LogP contribution in [0.1, 0.15) is 16.7 Å². The van der Waals surface area contributed by atoms with E-state index in [1.54, 1.807) is 12.1 Å². The number of nitro groups is 1. The van der Waals surface area contributed by atoms with Crippen molar-refractivity contribution in [1.29, 1.82) is 0 Å². The van der Waals surface area contributed by atoms with E-state index in [1.165, 1.54) is 18.2 Å². The average Bonchev–Trinajstić information content (AvgIpc) is 2.66. The molecule has 27 heavy (non-hydrogen) atoms. The van der Waals surface area contributed by atoms with Crippen molar-refractivity contribution in [3.63, 3.8) is 0 Å². The van der Waals surface area contributed by atoms with E-state index in [0.717, 1.165) is 32.8 Å². The molecule has 0 spiro atoms. The Morgan fingerprint density at radius 3 is 2.41 bits per heavy atom. The normalized spacial score (nSPS) is 11.4. The predicted octanol–water partition coefficient (Wildman–Crippen LogP) is 5.33. The van der Waals surface area contributed by atoms with E-state index < -0.39 is 10.5 Å². The first-order valence-electron chi connectivity index (χ1n) is 8.42. The van der Waals surface area contributed by atoms with Gasteiger partial charge in [0.05, 0.1) is 4.92 Å². The van der Waals surface area contributed by atoms with Crippen molar-refractivity contribution in [1.82, 2.24) is 0 Å². The third-order valence-corrected chi connectivity index (χ3v) is 4.58. The Balaban J connectivity index is 1.84. The van der Waals surface area contributed by atoms with Gasteiger partial charge in [0.15, 0.2) is 0 Å².